The van der Waals surface area contributed by atoms with Crippen LogP contribution < -0.4 is 5.32 Å². The van der Waals surface area contributed by atoms with Gasteiger partial charge in [-0.25, -0.2) is 0 Å². The fraction of sp³-hybridized carbons (Fsp3) is 0.647. The molecule has 0 spiro atoms. The lowest BCUT2D eigenvalue weighted by Crippen LogP contribution is -2.55. The molecule has 2 nitrogen and oxygen atoms in total. The highest BCUT2D eigenvalue weighted by Gasteiger charge is 2.25. The number of nitrogens with zero attached hydrogens (tertiary/aromatic N) is 1. The number of piperazine rings is 1. The van der Waals surface area contributed by atoms with Crippen molar-refractivity contribution in [2.24, 2.45) is 0 Å². The molecule has 0 radical (unpaired) electrons. The molecule has 0 aromatic heterocycles. The molecule has 2 unspecified atom stereocenters. The first-order valence-electron chi connectivity index (χ1n) is 7.67. The summed E-state index contributed by atoms with van der Waals surface area (Å²) in [6.45, 7) is 12.4. The lowest BCUT2D eigenvalue weighted by atomic mass is 10.0. The van der Waals surface area contributed by atoms with Crippen LogP contribution in [0.1, 0.15) is 43.4 Å². The van der Waals surface area contributed by atoms with Gasteiger partial charge in [0.15, 0.2) is 0 Å². The SMILES string of the molecule is CCC1CN(Cc2cc(C)cc(C)c2)C(CC)CN1. The fourth-order valence-corrected chi connectivity index (χ4v) is 3.19. The fourth-order valence-electron chi connectivity index (χ4n) is 3.19. The van der Waals surface area contributed by atoms with Gasteiger partial charge in [-0.05, 0) is 32.3 Å². The van der Waals surface area contributed by atoms with Gasteiger partial charge in [-0.2, -0.15) is 0 Å². The summed E-state index contributed by atoms with van der Waals surface area (Å²) < 4.78 is 0. The lowest BCUT2D eigenvalue weighted by Gasteiger charge is -2.40. The number of rotatable bonds is 4. The van der Waals surface area contributed by atoms with Crippen molar-refractivity contribution in [3.63, 3.8) is 0 Å². The van der Waals surface area contributed by atoms with Crippen molar-refractivity contribution >= 4 is 0 Å². The minimum Gasteiger partial charge on any atom is -0.311 e. The van der Waals surface area contributed by atoms with Crippen molar-refractivity contribution < 1.29 is 0 Å². The minimum absolute atomic E-state index is 0.661. The second-order valence-electron chi connectivity index (χ2n) is 6.00. The monoisotopic (exact) mass is 260 g/mol. The van der Waals surface area contributed by atoms with Gasteiger partial charge in [-0.15, -0.1) is 0 Å². The van der Waals surface area contributed by atoms with E-state index in [4.69, 9.17) is 0 Å². The second-order valence-corrected chi connectivity index (χ2v) is 6.00. The van der Waals surface area contributed by atoms with Crippen LogP contribution in [0.15, 0.2) is 18.2 Å². The molecule has 2 rings (SSSR count). The highest BCUT2D eigenvalue weighted by atomic mass is 15.2. The summed E-state index contributed by atoms with van der Waals surface area (Å²) in [6, 6.07) is 8.27. The van der Waals surface area contributed by atoms with E-state index in [1.165, 1.54) is 36.1 Å². The molecule has 1 saturated heterocycles. The maximum atomic E-state index is 3.67. The topological polar surface area (TPSA) is 15.3 Å². The Bertz CT molecular complexity index is 393. The molecule has 2 atom stereocenters. The molecule has 19 heavy (non-hydrogen) atoms. The van der Waals surface area contributed by atoms with Gasteiger partial charge in [-0.3, -0.25) is 4.90 Å². The smallest absolute Gasteiger partial charge is 0.0238 e. The first-order valence-corrected chi connectivity index (χ1v) is 7.67. The highest BCUT2D eigenvalue weighted by Crippen LogP contribution is 2.17. The molecule has 106 valence electrons. The number of aryl methyl sites for hydroxylation is 2. The van der Waals surface area contributed by atoms with E-state index in [1.807, 2.05) is 0 Å². The Balaban J connectivity index is 2.09. The van der Waals surface area contributed by atoms with Crippen molar-refractivity contribution in [2.75, 3.05) is 13.1 Å². The van der Waals surface area contributed by atoms with Crippen molar-refractivity contribution in [1.29, 1.82) is 0 Å². The summed E-state index contributed by atoms with van der Waals surface area (Å²) >= 11 is 0. The molecule has 1 aliphatic rings. The van der Waals surface area contributed by atoms with Gasteiger partial charge >= 0.3 is 0 Å². The Kier molecular flexibility index (Phi) is 5.00. The van der Waals surface area contributed by atoms with Crippen LogP contribution >= 0.6 is 0 Å². The first-order chi connectivity index (χ1) is 9.12. The Morgan fingerprint density at radius 2 is 1.79 bits per heavy atom. The zero-order valence-corrected chi connectivity index (χ0v) is 12.9. The molecule has 1 aromatic carbocycles. The van der Waals surface area contributed by atoms with E-state index in [0.717, 1.165) is 13.1 Å². The van der Waals surface area contributed by atoms with E-state index in [9.17, 15) is 0 Å². The third kappa shape index (κ3) is 3.80. The summed E-state index contributed by atoms with van der Waals surface area (Å²) in [5, 5.41) is 3.67. The summed E-state index contributed by atoms with van der Waals surface area (Å²) in [4.78, 5) is 2.67. The normalized spacial score (nSPS) is 24.6. The van der Waals surface area contributed by atoms with Gasteiger partial charge in [0, 0.05) is 31.7 Å². The van der Waals surface area contributed by atoms with Crippen LogP contribution in [0.4, 0.5) is 0 Å². The van der Waals surface area contributed by atoms with Crippen LogP contribution in [0.3, 0.4) is 0 Å². The van der Waals surface area contributed by atoms with Crippen molar-refractivity contribution in [3.8, 4) is 0 Å². The maximum absolute atomic E-state index is 3.67. The second kappa shape index (κ2) is 6.53. The summed E-state index contributed by atoms with van der Waals surface area (Å²) in [5.74, 6) is 0. The van der Waals surface area contributed by atoms with Crippen LogP contribution in [-0.4, -0.2) is 30.1 Å². The number of hydrogen-bond donors (Lipinski definition) is 1. The Morgan fingerprint density at radius 1 is 1.11 bits per heavy atom. The standard InChI is InChI=1S/C17H28N2/c1-5-16-12-19(17(6-2)10-18-16)11-15-8-13(3)7-14(4)9-15/h7-9,16-18H,5-6,10-12H2,1-4H3. The first kappa shape index (κ1) is 14.5. The van der Waals surface area contributed by atoms with Crippen LogP contribution in [0, 0.1) is 13.8 Å². The van der Waals surface area contributed by atoms with E-state index in [0.29, 0.717) is 12.1 Å². The lowest BCUT2D eigenvalue weighted by molar-refractivity contribution is 0.117. The number of hydrogen-bond acceptors (Lipinski definition) is 2. The van der Waals surface area contributed by atoms with Gasteiger partial charge in [0.05, 0.1) is 0 Å². The highest BCUT2D eigenvalue weighted by molar-refractivity contribution is 5.28. The van der Waals surface area contributed by atoms with E-state index in [-0.39, 0.29) is 0 Å². The van der Waals surface area contributed by atoms with E-state index in [1.54, 1.807) is 0 Å². The van der Waals surface area contributed by atoms with Crippen LogP contribution in [0.2, 0.25) is 0 Å². The summed E-state index contributed by atoms with van der Waals surface area (Å²) in [5.41, 5.74) is 4.23. The zero-order chi connectivity index (χ0) is 13.8. The third-order valence-corrected chi connectivity index (χ3v) is 4.24. The molecule has 0 aliphatic carbocycles. The Hall–Kier alpha value is -0.860. The van der Waals surface area contributed by atoms with Crippen molar-refractivity contribution in [1.82, 2.24) is 10.2 Å². The molecular formula is C17H28N2. The van der Waals surface area contributed by atoms with Crippen LogP contribution in [-0.2, 0) is 6.54 Å². The molecule has 1 aliphatic heterocycles. The molecule has 1 N–H and O–H groups in total. The maximum Gasteiger partial charge on any atom is 0.0238 e. The molecule has 1 heterocycles. The third-order valence-electron chi connectivity index (χ3n) is 4.24. The van der Waals surface area contributed by atoms with E-state index < -0.39 is 0 Å². The largest absolute Gasteiger partial charge is 0.311 e. The summed E-state index contributed by atoms with van der Waals surface area (Å²) in [6.07, 6.45) is 2.45. The Labute approximate surface area is 118 Å². The van der Waals surface area contributed by atoms with Gasteiger partial charge in [0.25, 0.3) is 0 Å². The van der Waals surface area contributed by atoms with Gasteiger partial charge in [0.1, 0.15) is 0 Å². The van der Waals surface area contributed by atoms with Crippen LogP contribution in [0.5, 0.6) is 0 Å². The Morgan fingerprint density at radius 3 is 2.37 bits per heavy atom. The van der Waals surface area contributed by atoms with Crippen LogP contribution in [0.25, 0.3) is 0 Å². The van der Waals surface area contributed by atoms with Crippen molar-refractivity contribution in [3.05, 3.63) is 34.9 Å². The minimum atomic E-state index is 0.661. The molecule has 0 amide bonds. The molecule has 1 aromatic rings. The molecule has 2 heteroatoms. The molecular weight excluding hydrogens is 232 g/mol. The predicted octanol–water partition coefficient (Wildman–Crippen LogP) is 3.27. The summed E-state index contributed by atoms with van der Waals surface area (Å²) in [7, 11) is 0. The molecule has 1 fully saturated rings. The molecule has 0 saturated carbocycles. The molecule has 0 bridgehead atoms. The zero-order valence-electron chi connectivity index (χ0n) is 12.9. The average molecular weight is 260 g/mol. The number of benzene rings is 1. The van der Waals surface area contributed by atoms with Crippen molar-refractivity contribution in [2.45, 2.75) is 59.2 Å². The quantitative estimate of drug-likeness (QED) is 0.894. The van der Waals surface area contributed by atoms with Gasteiger partial charge in [-0.1, -0.05) is 43.2 Å². The van der Waals surface area contributed by atoms with Gasteiger partial charge in [0.2, 0.25) is 0 Å². The van der Waals surface area contributed by atoms with E-state index >= 15 is 0 Å². The van der Waals surface area contributed by atoms with E-state index in [2.05, 4.69) is 56.1 Å². The predicted molar refractivity (Wildman–Crippen MR) is 82.5 cm³/mol. The average Bonchev–Trinajstić information content (AvgIpc) is 2.37. The number of nitrogens with one attached hydrogen (secondary N) is 1. The van der Waals surface area contributed by atoms with Gasteiger partial charge < -0.3 is 5.32 Å².